The fourth-order valence-electron chi connectivity index (χ4n) is 11.3. The largest absolute Gasteiger partial charge is 0.318 e. The summed E-state index contributed by atoms with van der Waals surface area (Å²) in [6.07, 6.45) is 0. The molecule has 14 aromatic rings. The van der Waals surface area contributed by atoms with Crippen LogP contribution in [0.25, 0.3) is 109 Å². The number of benzene rings is 11. The van der Waals surface area contributed by atoms with Crippen LogP contribution < -0.4 is 4.90 Å². The van der Waals surface area contributed by atoms with Gasteiger partial charge in [-0.2, -0.15) is 5.26 Å². The molecule has 0 radical (unpaired) electrons. The first-order chi connectivity index (χ1) is 34.7. The van der Waals surface area contributed by atoms with Crippen LogP contribution in [0.15, 0.2) is 231 Å². The molecular formula is C64H38N6. The van der Waals surface area contributed by atoms with E-state index in [1.54, 1.807) is 0 Å². The van der Waals surface area contributed by atoms with Crippen LogP contribution in [0.5, 0.6) is 0 Å². The van der Waals surface area contributed by atoms with Crippen molar-refractivity contribution in [1.29, 1.82) is 5.26 Å². The first kappa shape index (κ1) is 39.3. The van der Waals surface area contributed by atoms with E-state index in [0.717, 1.165) is 98.9 Å². The van der Waals surface area contributed by atoms with E-state index >= 15 is 0 Å². The molecule has 6 nitrogen and oxygen atoms in total. The van der Waals surface area contributed by atoms with Crippen molar-refractivity contribution in [3.8, 4) is 23.1 Å². The van der Waals surface area contributed by atoms with Crippen LogP contribution in [-0.2, 0) is 0 Å². The fourth-order valence-corrected chi connectivity index (χ4v) is 11.3. The predicted molar refractivity (Wildman–Crippen MR) is 290 cm³/mol. The Hall–Kier alpha value is -9.88. The van der Waals surface area contributed by atoms with Crippen molar-refractivity contribution in [2.75, 3.05) is 4.90 Å². The lowest BCUT2D eigenvalue weighted by atomic mass is 10.0. The van der Waals surface area contributed by atoms with Crippen LogP contribution in [0, 0.1) is 17.9 Å². The summed E-state index contributed by atoms with van der Waals surface area (Å²) < 4.78 is 6.76. The highest BCUT2D eigenvalue weighted by Crippen LogP contribution is 2.46. The Morgan fingerprint density at radius 3 is 1.47 bits per heavy atom. The van der Waals surface area contributed by atoms with Gasteiger partial charge in [-0.25, -0.2) is 4.85 Å². The second kappa shape index (κ2) is 15.3. The van der Waals surface area contributed by atoms with E-state index in [1.165, 1.54) is 10.8 Å². The van der Waals surface area contributed by atoms with Crippen molar-refractivity contribution in [3.63, 3.8) is 0 Å². The van der Waals surface area contributed by atoms with E-state index < -0.39 is 0 Å². The molecule has 0 unspecified atom stereocenters. The third-order valence-corrected chi connectivity index (χ3v) is 14.2. The molecule has 0 N–H and O–H groups in total. The lowest BCUT2D eigenvalue weighted by molar-refractivity contribution is 1.12. The third kappa shape index (κ3) is 5.65. The maximum atomic E-state index is 11.7. The number of aromatic nitrogens is 3. The van der Waals surface area contributed by atoms with Crippen molar-refractivity contribution >= 4 is 110 Å². The Morgan fingerprint density at radius 1 is 0.386 bits per heavy atom. The number of para-hydroxylation sites is 4. The van der Waals surface area contributed by atoms with Gasteiger partial charge >= 0.3 is 0 Å². The van der Waals surface area contributed by atoms with Gasteiger partial charge in [0.2, 0.25) is 5.69 Å². The van der Waals surface area contributed by atoms with Gasteiger partial charge in [0.1, 0.15) is 6.07 Å². The van der Waals surface area contributed by atoms with Gasteiger partial charge in [-0.05, 0) is 113 Å². The molecule has 0 fully saturated rings. The summed E-state index contributed by atoms with van der Waals surface area (Å²) >= 11 is 0. The van der Waals surface area contributed by atoms with Gasteiger partial charge in [0.15, 0.2) is 0 Å². The molecule has 0 atom stereocenters. The van der Waals surface area contributed by atoms with E-state index in [1.807, 2.05) is 24.3 Å². The van der Waals surface area contributed by atoms with E-state index in [-0.39, 0.29) is 0 Å². The molecule has 0 bridgehead atoms. The Kier molecular flexibility index (Phi) is 8.61. The summed E-state index contributed by atoms with van der Waals surface area (Å²) in [5, 5.41) is 22.8. The van der Waals surface area contributed by atoms with Crippen molar-refractivity contribution in [2.24, 2.45) is 0 Å². The normalized spacial score (nSPS) is 11.7. The SMILES string of the molecule is [C-]#[N+]c1ccc(-n2c3ccc(-n4c5ccccc5c5ccccc54)cc3c3c4ccccc4ccc32)c(C#N)c1-n1c2ccc(N(c3ccccc3)c3ccccc3)cc2c2c3ccccc3ccc21. The highest BCUT2D eigenvalue weighted by Gasteiger charge is 2.26. The molecule has 0 amide bonds. The molecule has 70 heavy (non-hydrogen) atoms. The molecule has 0 aliphatic rings. The molecular weight excluding hydrogens is 853 g/mol. The average molecular weight is 891 g/mol. The van der Waals surface area contributed by atoms with Gasteiger partial charge in [-0.15, -0.1) is 0 Å². The summed E-state index contributed by atoms with van der Waals surface area (Å²) in [7, 11) is 0. The number of rotatable bonds is 6. The number of nitriles is 1. The molecule has 0 saturated carbocycles. The molecule has 3 heterocycles. The first-order valence-electron chi connectivity index (χ1n) is 23.4. The van der Waals surface area contributed by atoms with Crippen molar-refractivity contribution in [1.82, 2.24) is 13.7 Å². The second-order valence-corrected chi connectivity index (χ2v) is 17.9. The number of anilines is 3. The van der Waals surface area contributed by atoms with Crippen LogP contribution in [-0.4, -0.2) is 13.7 Å². The molecule has 0 aliphatic carbocycles. The van der Waals surface area contributed by atoms with Gasteiger partial charge in [0.05, 0.1) is 56.6 Å². The minimum Gasteiger partial charge on any atom is -0.318 e. The van der Waals surface area contributed by atoms with E-state index in [2.05, 4.69) is 236 Å². The molecule has 6 heteroatoms. The van der Waals surface area contributed by atoms with Gasteiger partial charge in [0.25, 0.3) is 0 Å². The van der Waals surface area contributed by atoms with Crippen molar-refractivity contribution in [3.05, 3.63) is 248 Å². The minimum atomic E-state index is 0.395. The summed E-state index contributed by atoms with van der Waals surface area (Å²) in [6, 6.07) is 83.5. The summed E-state index contributed by atoms with van der Waals surface area (Å²) in [5.41, 5.74) is 12.2. The number of hydrogen-bond acceptors (Lipinski definition) is 2. The van der Waals surface area contributed by atoms with Gasteiger partial charge < -0.3 is 18.6 Å². The maximum Gasteiger partial charge on any atom is 0.212 e. The number of fused-ring (bicyclic) bond motifs is 13. The highest BCUT2D eigenvalue weighted by atomic mass is 15.1. The third-order valence-electron chi connectivity index (χ3n) is 14.2. The second-order valence-electron chi connectivity index (χ2n) is 17.9. The van der Waals surface area contributed by atoms with Crippen LogP contribution in [0.3, 0.4) is 0 Å². The van der Waals surface area contributed by atoms with Gasteiger partial charge in [-0.3, -0.25) is 0 Å². The standard InChI is InChI=1S/C64H38N6/c1-66-54-32-37-59(69-57-35-31-46(39-51(57)62-47-22-10-8-16-41(47)28-33-60(62)69)68-55-26-14-12-24-49(55)50-25-13-15-27-56(50)68)53(40-65)64(54)70-58-36-30-45(67(43-18-4-2-5-19-43)44-20-6-3-7-21-44)38-52(58)63-48-23-11-9-17-42(48)29-34-61(63)70/h2-39H. The molecule has 0 spiro atoms. The van der Waals surface area contributed by atoms with Crippen molar-refractivity contribution < 1.29 is 0 Å². The zero-order valence-electron chi connectivity index (χ0n) is 37.6. The maximum absolute atomic E-state index is 11.7. The van der Waals surface area contributed by atoms with Crippen molar-refractivity contribution in [2.45, 2.75) is 0 Å². The smallest absolute Gasteiger partial charge is 0.212 e. The Morgan fingerprint density at radius 2 is 0.871 bits per heavy atom. The van der Waals surface area contributed by atoms with Crippen LogP contribution in [0.2, 0.25) is 0 Å². The molecule has 0 aliphatic heterocycles. The Labute approximate surface area is 402 Å². The van der Waals surface area contributed by atoms with Gasteiger partial charge in [0, 0.05) is 55.1 Å². The predicted octanol–water partition coefficient (Wildman–Crippen LogP) is 17.2. The minimum absolute atomic E-state index is 0.395. The molecule has 324 valence electrons. The zero-order valence-corrected chi connectivity index (χ0v) is 37.6. The first-order valence-corrected chi connectivity index (χ1v) is 23.4. The Bertz CT molecular complexity index is 4470. The summed E-state index contributed by atoms with van der Waals surface area (Å²) in [6.45, 7) is 8.68. The van der Waals surface area contributed by atoms with Gasteiger partial charge in [-0.1, -0.05) is 140 Å². The van der Waals surface area contributed by atoms with Crippen LogP contribution in [0.1, 0.15) is 5.56 Å². The lowest BCUT2D eigenvalue weighted by Crippen LogP contribution is -2.09. The van der Waals surface area contributed by atoms with Crippen LogP contribution in [0.4, 0.5) is 22.7 Å². The van der Waals surface area contributed by atoms with E-state index in [4.69, 9.17) is 6.57 Å². The topological polar surface area (TPSA) is 46.2 Å². The molecule has 0 saturated heterocycles. The van der Waals surface area contributed by atoms with E-state index in [9.17, 15) is 5.26 Å². The highest BCUT2D eigenvalue weighted by molar-refractivity contribution is 6.24. The molecule has 3 aromatic heterocycles. The Balaban J connectivity index is 1.06. The zero-order chi connectivity index (χ0) is 46.5. The average Bonchev–Trinajstić information content (AvgIpc) is 4.06. The molecule has 11 aromatic carbocycles. The summed E-state index contributed by atoms with van der Waals surface area (Å²) in [5.74, 6) is 0. The van der Waals surface area contributed by atoms with E-state index in [0.29, 0.717) is 22.6 Å². The quantitative estimate of drug-likeness (QED) is 0.156. The fraction of sp³-hybridized carbons (Fsp3) is 0. The lowest BCUT2D eigenvalue weighted by Gasteiger charge is -2.25. The molecule has 14 rings (SSSR count). The monoisotopic (exact) mass is 890 g/mol. The van der Waals surface area contributed by atoms with Crippen LogP contribution >= 0.6 is 0 Å². The summed E-state index contributed by atoms with van der Waals surface area (Å²) in [4.78, 5) is 6.45. The number of hydrogen-bond donors (Lipinski definition) is 0. The number of nitrogens with zero attached hydrogens (tertiary/aromatic N) is 6.